The van der Waals surface area contributed by atoms with Crippen LogP contribution in [0.1, 0.15) is 63.6 Å². The van der Waals surface area contributed by atoms with Crippen LogP contribution in [0.5, 0.6) is 0 Å². The molecule has 0 saturated carbocycles. The molecule has 2 rings (SSSR count). The van der Waals surface area contributed by atoms with Gasteiger partial charge >= 0.3 is 0 Å². The van der Waals surface area contributed by atoms with Crippen LogP contribution in [0.2, 0.25) is 0 Å². The van der Waals surface area contributed by atoms with Gasteiger partial charge in [0.1, 0.15) is 0 Å². The van der Waals surface area contributed by atoms with Gasteiger partial charge in [-0.2, -0.15) is 0 Å². The Morgan fingerprint density at radius 1 is 1.19 bits per heavy atom. The van der Waals surface area contributed by atoms with E-state index in [1.54, 1.807) is 0 Å². The molecule has 1 aliphatic rings. The third kappa shape index (κ3) is 3.32. The Labute approximate surface area is 130 Å². The highest BCUT2D eigenvalue weighted by atomic mass is 15.2. The second-order valence-electron chi connectivity index (χ2n) is 6.80. The van der Waals surface area contributed by atoms with Crippen molar-refractivity contribution in [1.29, 1.82) is 0 Å². The van der Waals surface area contributed by atoms with Crippen molar-refractivity contribution in [3.8, 4) is 0 Å². The van der Waals surface area contributed by atoms with Gasteiger partial charge in [0.25, 0.3) is 0 Å². The maximum absolute atomic E-state index is 6.53. The van der Waals surface area contributed by atoms with Crippen molar-refractivity contribution >= 4 is 0 Å². The molecule has 2 nitrogen and oxygen atoms in total. The third-order valence-corrected chi connectivity index (χ3v) is 5.75. The topological polar surface area (TPSA) is 29.3 Å². The monoisotopic (exact) mass is 288 g/mol. The Balaban J connectivity index is 2.29. The molecule has 1 fully saturated rings. The number of nitrogens with zero attached hydrogens (tertiary/aromatic N) is 1. The lowest BCUT2D eigenvalue weighted by Crippen LogP contribution is -2.41. The molecule has 0 aromatic heterocycles. The van der Waals surface area contributed by atoms with Crippen LogP contribution in [0.4, 0.5) is 0 Å². The molecular weight excluding hydrogens is 256 g/mol. The van der Waals surface area contributed by atoms with Gasteiger partial charge in [-0.15, -0.1) is 0 Å². The maximum Gasteiger partial charge on any atom is 0.0501 e. The first-order chi connectivity index (χ1) is 10.1. The molecule has 1 heterocycles. The van der Waals surface area contributed by atoms with E-state index in [0.29, 0.717) is 11.5 Å². The number of benzene rings is 1. The lowest BCUT2D eigenvalue weighted by atomic mass is 9.81. The first-order valence-electron chi connectivity index (χ1n) is 8.62. The molecule has 2 N–H and O–H groups in total. The summed E-state index contributed by atoms with van der Waals surface area (Å²) in [4.78, 5) is 2.66. The van der Waals surface area contributed by atoms with Crippen LogP contribution in [0, 0.1) is 12.3 Å². The molecule has 0 amide bonds. The predicted molar refractivity (Wildman–Crippen MR) is 91.4 cm³/mol. The number of hydrogen-bond acceptors (Lipinski definition) is 2. The van der Waals surface area contributed by atoms with Crippen LogP contribution in [-0.2, 0) is 0 Å². The lowest BCUT2D eigenvalue weighted by Gasteiger charge is -2.35. The minimum atomic E-state index is 0.218. The third-order valence-electron chi connectivity index (χ3n) is 5.75. The molecule has 0 radical (unpaired) electrons. The summed E-state index contributed by atoms with van der Waals surface area (Å²) in [6, 6.07) is 9.35. The molecule has 1 aromatic rings. The van der Waals surface area contributed by atoms with Crippen LogP contribution >= 0.6 is 0 Å². The summed E-state index contributed by atoms with van der Waals surface area (Å²) in [6.07, 6.45) is 4.91. The number of aryl methyl sites for hydroxylation is 1. The van der Waals surface area contributed by atoms with E-state index < -0.39 is 0 Å². The summed E-state index contributed by atoms with van der Waals surface area (Å²) in [5, 5.41) is 0. The zero-order valence-electron chi connectivity index (χ0n) is 14.2. The fourth-order valence-corrected chi connectivity index (χ4v) is 3.87. The van der Waals surface area contributed by atoms with Gasteiger partial charge in [0.05, 0.1) is 6.04 Å². The molecule has 118 valence electrons. The van der Waals surface area contributed by atoms with E-state index in [4.69, 9.17) is 5.73 Å². The summed E-state index contributed by atoms with van der Waals surface area (Å²) in [7, 11) is 0. The van der Waals surface area contributed by atoms with Crippen molar-refractivity contribution in [3.63, 3.8) is 0 Å². The summed E-state index contributed by atoms with van der Waals surface area (Å²) in [5.74, 6) is 0. The molecule has 0 aliphatic carbocycles. The second kappa shape index (κ2) is 6.93. The number of hydrogen-bond donors (Lipinski definition) is 1. The van der Waals surface area contributed by atoms with E-state index in [1.165, 1.54) is 43.5 Å². The highest BCUT2D eigenvalue weighted by molar-refractivity contribution is 5.30. The van der Waals surface area contributed by atoms with Crippen molar-refractivity contribution in [1.82, 2.24) is 4.90 Å². The fourth-order valence-electron chi connectivity index (χ4n) is 3.87. The molecule has 1 aromatic carbocycles. The van der Waals surface area contributed by atoms with Crippen LogP contribution in [0.15, 0.2) is 24.3 Å². The SMILES string of the molecule is CCC(N)C(c1ccccc1C)N1CCC(CC)(CC)C1. The standard InChI is InChI=1S/C19H32N2/c1-5-17(20)18(16-11-9-8-10-15(16)4)21-13-12-19(6-2,7-3)14-21/h8-11,17-18H,5-7,12-14,20H2,1-4H3. The number of nitrogens with two attached hydrogens (primary N) is 1. The average Bonchev–Trinajstić information content (AvgIpc) is 2.94. The molecule has 2 unspecified atom stereocenters. The molecular formula is C19H32N2. The second-order valence-corrected chi connectivity index (χ2v) is 6.80. The molecule has 1 aliphatic heterocycles. The summed E-state index contributed by atoms with van der Waals surface area (Å²) in [6.45, 7) is 11.5. The molecule has 2 atom stereocenters. The zero-order chi connectivity index (χ0) is 15.5. The number of likely N-dealkylation sites (tertiary alicyclic amines) is 1. The molecule has 0 bridgehead atoms. The van der Waals surface area contributed by atoms with E-state index in [-0.39, 0.29) is 6.04 Å². The summed E-state index contributed by atoms with van der Waals surface area (Å²) >= 11 is 0. The van der Waals surface area contributed by atoms with E-state index in [2.05, 4.69) is 56.9 Å². The largest absolute Gasteiger partial charge is 0.326 e. The first kappa shape index (κ1) is 16.5. The van der Waals surface area contributed by atoms with Gasteiger partial charge in [0.2, 0.25) is 0 Å². The number of rotatable bonds is 6. The molecule has 21 heavy (non-hydrogen) atoms. The normalized spacial score (nSPS) is 21.4. The van der Waals surface area contributed by atoms with Crippen molar-refractivity contribution in [2.45, 2.75) is 65.5 Å². The highest BCUT2D eigenvalue weighted by Crippen LogP contribution is 2.41. The van der Waals surface area contributed by atoms with Crippen LogP contribution in [0.3, 0.4) is 0 Å². The van der Waals surface area contributed by atoms with Crippen molar-refractivity contribution in [2.24, 2.45) is 11.1 Å². The minimum absolute atomic E-state index is 0.218. The van der Waals surface area contributed by atoms with Gasteiger partial charge < -0.3 is 5.73 Å². The van der Waals surface area contributed by atoms with Crippen molar-refractivity contribution in [2.75, 3.05) is 13.1 Å². The van der Waals surface area contributed by atoms with Gasteiger partial charge in [0.15, 0.2) is 0 Å². The van der Waals surface area contributed by atoms with Crippen LogP contribution < -0.4 is 5.73 Å². The molecule has 1 saturated heterocycles. The van der Waals surface area contributed by atoms with Gasteiger partial charge in [-0.1, -0.05) is 45.0 Å². The van der Waals surface area contributed by atoms with Gasteiger partial charge in [0, 0.05) is 12.6 Å². The summed E-state index contributed by atoms with van der Waals surface area (Å²) in [5.41, 5.74) is 9.83. The Bertz CT molecular complexity index is 451. The molecule has 2 heteroatoms. The zero-order valence-corrected chi connectivity index (χ0v) is 14.2. The minimum Gasteiger partial charge on any atom is -0.326 e. The Morgan fingerprint density at radius 3 is 2.38 bits per heavy atom. The van der Waals surface area contributed by atoms with E-state index in [1.807, 2.05) is 0 Å². The smallest absolute Gasteiger partial charge is 0.0501 e. The summed E-state index contributed by atoms with van der Waals surface area (Å²) < 4.78 is 0. The Hall–Kier alpha value is -0.860. The van der Waals surface area contributed by atoms with Gasteiger partial charge in [-0.25, -0.2) is 0 Å². The average molecular weight is 288 g/mol. The van der Waals surface area contributed by atoms with Crippen LogP contribution in [0.25, 0.3) is 0 Å². The Kier molecular flexibility index (Phi) is 5.45. The first-order valence-corrected chi connectivity index (χ1v) is 8.62. The van der Waals surface area contributed by atoms with Gasteiger partial charge in [-0.05, 0) is 55.7 Å². The van der Waals surface area contributed by atoms with Crippen LogP contribution in [-0.4, -0.2) is 24.0 Å². The van der Waals surface area contributed by atoms with E-state index in [0.717, 1.165) is 6.42 Å². The van der Waals surface area contributed by atoms with Crippen molar-refractivity contribution in [3.05, 3.63) is 35.4 Å². The van der Waals surface area contributed by atoms with Crippen molar-refractivity contribution < 1.29 is 0 Å². The quantitative estimate of drug-likeness (QED) is 0.846. The lowest BCUT2D eigenvalue weighted by molar-refractivity contribution is 0.171. The van der Waals surface area contributed by atoms with Gasteiger partial charge in [-0.3, -0.25) is 4.90 Å². The van der Waals surface area contributed by atoms with E-state index in [9.17, 15) is 0 Å². The fraction of sp³-hybridized carbons (Fsp3) is 0.684. The maximum atomic E-state index is 6.53. The highest BCUT2D eigenvalue weighted by Gasteiger charge is 2.39. The Morgan fingerprint density at radius 2 is 1.86 bits per heavy atom. The molecule has 0 spiro atoms. The van der Waals surface area contributed by atoms with E-state index >= 15 is 0 Å². The predicted octanol–water partition coefficient (Wildman–Crippen LogP) is 4.29.